The summed E-state index contributed by atoms with van der Waals surface area (Å²) < 4.78 is 0. The minimum atomic E-state index is -0.422. The lowest BCUT2D eigenvalue weighted by Gasteiger charge is -2.02. The van der Waals surface area contributed by atoms with Crippen LogP contribution >= 0.6 is 0 Å². The molecule has 0 aromatic carbocycles. The molecule has 2 heterocycles. The number of rotatable bonds is 2. The molecule has 16 heavy (non-hydrogen) atoms. The number of nitrogens with one attached hydrogen (secondary N) is 1. The van der Waals surface area contributed by atoms with E-state index in [1.165, 1.54) is 30.9 Å². The number of carbonyl (C=O) groups excluding carboxylic acids is 1. The number of hydrogen-bond acceptors (Lipinski definition) is 5. The summed E-state index contributed by atoms with van der Waals surface area (Å²) in [5.74, 6) is -0.285. The van der Waals surface area contributed by atoms with Crippen LogP contribution < -0.4 is 5.32 Å². The lowest BCUT2D eigenvalue weighted by molar-refractivity contribution is 0.102. The molecule has 0 atom stereocenters. The normalized spacial score (nSPS) is 9.75. The highest BCUT2D eigenvalue weighted by atomic mass is 16.3. The fraction of sp³-hybridized carbons (Fsp3) is 0. The zero-order valence-corrected chi connectivity index (χ0v) is 8.16. The molecule has 1 amide bonds. The molecule has 0 aliphatic rings. The molecule has 0 unspecified atom stereocenters. The van der Waals surface area contributed by atoms with Gasteiger partial charge in [0.25, 0.3) is 5.91 Å². The number of pyridine rings is 1. The summed E-state index contributed by atoms with van der Waals surface area (Å²) in [5, 5.41) is 11.6. The van der Waals surface area contributed by atoms with Crippen molar-refractivity contribution >= 4 is 11.9 Å². The van der Waals surface area contributed by atoms with Gasteiger partial charge in [0.1, 0.15) is 5.75 Å². The van der Waals surface area contributed by atoms with Gasteiger partial charge >= 0.3 is 0 Å². The Kier molecular flexibility index (Phi) is 2.73. The van der Waals surface area contributed by atoms with E-state index in [0.29, 0.717) is 0 Å². The van der Waals surface area contributed by atoms with Gasteiger partial charge in [0.2, 0.25) is 5.95 Å². The first-order valence-corrected chi connectivity index (χ1v) is 4.48. The number of aromatic nitrogens is 3. The molecule has 2 aromatic rings. The molecule has 2 N–H and O–H groups in total. The van der Waals surface area contributed by atoms with Crippen LogP contribution in [0.3, 0.4) is 0 Å². The van der Waals surface area contributed by atoms with E-state index in [4.69, 9.17) is 5.11 Å². The molecule has 0 aliphatic heterocycles. The molecule has 0 saturated carbocycles. The summed E-state index contributed by atoms with van der Waals surface area (Å²) in [6.07, 6.45) is 5.63. The van der Waals surface area contributed by atoms with Crippen LogP contribution in [0.4, 0.5) is 5.95 Å². The maximum atomic E-state index is 11.6. The van der Waals surface area contributed by atoms with E-state index < -0.39 is 5.91 Å². The second-order valence-electron chi connectivity index (χ2n) is 2.96. The van der Waals surface area contributed by atoms with Crippen molar-refractivity contribution in [3.63, 3.8) is 0 Å². The summed E-state index contributed by atoms with van der Waals surface area (Å²) >= 11 is 0. The topological polar surface area (TPSA) is 88.0 Å². The van der Waals surface area contributed by atoms with Crippen molar-refractivity contribution < 1.29 is 9.90 Å². The van der Waals surface area contributed by atoms with Gasteiger partial charge in [0.05, 0.1) is 11.8 Å². The molecule has 0 aliphatic carbocycles. The lowest BCUT2D eigenvalue weighted by Crippen LogP contribution is -2.14. The average Bonchev–Trinajstić information content (AvgIpc) is 2.30. The minimum absolute atomic E-state index is 0.0679. The Bertz CT molecular complexity index is 501. The number of amides is 1. The van der Waals surface area contributed by atoms with Gasteiger partial charge in [-0.25, -0.2) is 9.97 Å². The second-order valence-corrected chi connectivity index (χ2v) is 2.96. The van der Waals surface area contributed by atoms with E-state index in [9.17, 15) is 4.79 Å². The number of nitrogens with zero attached hydrogens (tertiary/aromatic N) is 3. The molecule has 6 heteroatoms. The zero-order valence-electron chi connectivity index (χ0n) is 8.16. The SMILES string of the molecule is O=C(Nc1ncccn1)c1cncc(O)c1. The molecule has 0 spiro atoms. The maximum absolute atomic E-state index is 11.6. The smallest absolute Gasteiger partial charge is 0.259 e. The molecule has 0 fully saturated rings. The molecule has 2 rings (SSSR count). The highest BCUT2D eigenvalue weighted by Crippen LogP contribution is 2.09. The van der Waals surface area contributed by atoms with Crippen LogP contribution in [-0.4, -0.2) is 26.0 Å². The Hall–Kier alpha value is -2.50. The predicted molar refractivity (Wildman–Crippen MR) is 55.9 cm³/mol. The van der Waals surface area contributed by atoms with Crippen molar-refractivity contribution in [2.75, 3.05) is 5.32 Å². The molecule has 6 nitrogen and oxygen atoms in total. The van der Waals surface area contributed by atoms with Crippen molar-refractivity contribution in [3.8, 4) is 5.75 Å². The fourth-order valence-electron chi connectivity index (χ4n) is 1.09. The summed E-state index contributed by atoms with van der Waals surface area (Å²) in [5.41, 5.74) is 0.243. The van der Waals surface area contributed by atoms with Crippen molar-refractivity contribution in [2.45, 2.75) is 0 Å². The van der Waals surface area contributed by atoms with Crippen LogP contribution in [0.25, 0.3) is 0 Å². The third kappa shape index (κ3) is 2.30. The molecular formula is C10H8N4O2. The standard InChI is InChI=1S/C10H8N4O2/c15-8-4-7(5-11-6-8)9(16)14-10-12-2-1-3-13-10/h1-6,15H,(H,12,13,14,16). The first-order chi connectivity index (χ1) is 7.75. The molecule has 2 aromatic heterocycles. The molecular weight excluding hydrogens is 208 g/mol. The quantitative estimate of drug-likeness (QED) is 0.776. The van der Waals surface area contributed by atoms with Crippen molar-refractivity contribution in [3.05, 3.63) is 42.5 Å². The van der Waals surface area contributed by atoms with Crippen LogP contribution in [-0.2, 0) is 0 Å². The molecule has 0 saturated heterocycles. The van der Waals surface area contributed by atoms with E-state index >= 15 is 0 Å². The number of carbonyl (C=O) groups is 1. The third-order valence-corrected chi connectivity index (χ3v) is 1.78. The van der Waals surface area contributed by atoms with E-state index in [1.54, 1.807) is 6.07 Å². The van der Waals surface area contributed by atoms with Gasteiger partial charge in [-0.05, 0) is 12.1 Å². The molecule has 80 valence electrons. The lowest BCUT2D eigenvalue weighted by atomic mass is 10.2. The molecule has 0 bridgehead atoms. The third-order valence-electron chi connectivity index (χ3n) is 1.78. The minimum Gasteiger partial charge on any atom is -0.506 e. The predicted octanol–water partition coefficient (Wildman–Crippen LogP) is 0.829. The van der Waals surface area contributed by atoms with E-state index in [2.05, 4.69) is 20.3 Å². The van der Waals surface area contributed by atoms with Crippen LogP contribution in [0, 0.1) is 0 Å². The monoisotopic (exact) mass is 216 g/mol. The van der Waals surface area contributed by atoms with Crippen LogP contribution in [0.1, 0.15) is 10.4 Å². The summed E-state index contributed by atoms with van der Waals surface area (Å²) in [6, 6.07) is 2.96. The largest absolute Gasteiger partial charge is 0.506 e. The summed E-state index contributed by atoms with van der Waals surface area (Å²) in [4.78, 5) is 23.0. The first-order valence-electron chi connectivity index (χ1n) is 4.48. The van der Waals surface area contributed by atoms with Gasteiger partial charge in [-0.3, -0.25) is 15.1 Å². The first kappa shape index (κ1) is 10.0. The van der Waals surface area contributed by atoms with Crippen LogP contribution in [0.15, 0.2) is 36.9 Å². The van der Waals surface area contributed by atoms with Gasteiger partial charge < -0.3 is 5.11 Å². The van der Waals surface area contributed by atoms with E-state index in [0.717, 1.165) is 0 Å². The Balaban J connectivity index is 2.15. The fourth-order valence-corrected chi connectivity index (χ4v) is 1.09. The Morgan fingerprint density at radius 2 is 2.00 bits per heavy atom. The average molecular weight is 216 g/mol. The second kappa shape index (κ2) is 4.35. The maximum Gasteiger partial charge on any atom is 0.259 e. The highest BCUT2D eigenvalue weighted by molar-refractivity contribution is 6.03. The van der Waals surface area contributed by atoms with Gasteiger partial charge in [-0.1, -0.05) is 0 Å². The van der Waals surface area contributed by atoms with Crippen molar-refractivity contribution in [1.82, 2.24) is 15.0 Å². The Morgan fingerprint density at radius 1 is 1.25 bits per heavy atom. The Morgan fingerprint density at radius 3 is 2.69 bits per heavy atom. The number of aromatic hydroxyl groups is 1. The van der Waals surface area contributed by atoms with E-state index in [-0.39, 0.29) is 17.3 Å². The Labute approximate surface area is 91.0 Å². The highest BCUT2D eigenvalue weighted by Gasteiger charge is 2.08. The number of hydrogen-bond donors (Lipinski definition) is 2. The zero-order chi connectivity index (χ0) is 11.4. The summed E-state index contributed by atoms with van der Waals surface area (Å²) in [6.45, 7) is 0. The van der Waals surface area contributed by atoms with Gasteiger partial charge in [0.15, 0.2) is 0 Å². The van der Waals surface area contributed by atoms with Crippen LogP contribution in [0.5, 0.6) is 5.75 Å². The van der Waals surface area contributed by atoms with Gasteiger partial charge in [0, 0.05) is 18.6 Å². The van der Waals surface area contributed by atoms with Gasteiger partial charge in [-0.15, -0.1) is 0 Å². The van der Waals surface area contributed by atoms with Gasteiger partial charge in [-0.2, -0.15) is 0 Å². The summed E-state index contributed by atoms with van der Waals surface area (Å²) in [7, 11) is 0. The molecule has 0 radical (unpaired) electrons. The van der Waals surface area contributed by atoms with Crippen molar-refractivity contribution in [2.24, 2.45) is 0 Å². The van der Waals surface area contributed by atoms with E-state index in [1.807, 2.05) is 0 Å². The van der Waals surface area contributed by atoms with Crippen LogP contribution in [0.2, 0.25) is 0 Å². The van der Waals surface area contributed by atoms with Crippen molar-refractivity contribution in [1.29, 1.82) is 0 Å². The number of anilines is 1.